The van der Waals surface area contributed by atoms with Gasteiger partial charge in [0.1, 0.15) is 36.3 Å². The van der Waals surface area contributed by atoms with E-state index in [1.54, 1.807) is 19.2 Å². The smallest absolute Gasteiger partial charge is 0.303 e. The molecule has 0 fully saturated rings. The minimum atomic E-state index is -0.839. The molecule has 6 heteroatoms. The highest BCUT2D eigenvalue weighted by Gasteiger charge is 2.15. The minimum Gasteiger partial charge on any atom is -0.497 e. The summed E-state index contributed by atoms with van der Waals surface area (Å²) in [4.78, 5) is 11.1. The van der Waals surface area contributed by atoms with E-state index < -0.39 is 5.97 Å². The van der Waals surface area contributed by atoms with Crippen molar-refractivity contribution in [1.29, 1.82) is 0 Å². The highest BCUT2D eigenvalue weighted by molar-refractivity contribution is 5.72. The fraction of sp³-hybridized carbons (Fsp3) is 0.194. The molecule has 0 aliphatic rings. The number of methoxy groups -OCH3 is 1. The second kappa shape index (κ2) is 12.1. The van der Waals surface area contributed by atoms with Crippen molar-refractivity contribution in [3.63, 3.8) is 0 Å². The second-order valence-electron chi connectivity index (χ2n) is 8.81. The Kier molecular flexibility index (Phi) is 8.41. The lowest BCUT2D eigenvalue weighted by molar-refractivity contribution is -0.137. The van der Waals surface area contributed by atoms with Crippen LogP contribution in [0.25, 0.3) is 11.1 Å². The van der Waals surface area contributed by atoms with Gasteiger partial charge in [-0.05, 0) is 59.0 Å². The zero-order valence-corrected chi connectivity index (χ0v) is 20.8. The van der Waals surface area contributed by atoms with E-state index >= 15 is 0 Å². The van der Waals surface area contributed by atoms with E-state index in [1.165, 1.54) is 6.07 Å². The van der Waals surface area contributed by atoms with Gasteiger partial charge in [0, 0.05) is 11.1 Å². The monoisotopic (exact) mass is 500 g/mol. The molecule has 190 valence electrons. The summed E-state index contributed by atoms with van der Waals surface area (Å²) < 4.78 is 32.3. The third-order valence-electron chi connectivity index (χ3n) is 6.06. The summed E-state index contributed by atoms with van der Waals surface area (Å²) in [6.45, 7) is 2.46. The van der Waals surface area contributed by atoms with Gasteiger partial charge in [0.05, 0.1) is 13.5 Å². The van der Waals surface area contributed by atoms with Crippen LogP contribution in [0.15, 0.2) is 91.0 Å². The number of hydrogen-bond acceptors (Lipinski definition) is 4. The molecule has 0 bridgehead atoms. The maximum Gasteiger partial charge on any atom is 0.303 e. The highest BCUT2D eigenvalue weighted by Crippen LogP contribution is 2.36. The number of rotatable bonds is 11. The van der Waals surface area contributed by atoms with Gasteiger partial charge in [-0.3, -0.25) is 4.79 Å². The van der Waals surface area contributed by atoms with Crippen molar-refractivity contribution in [3.05, 3.63) is 114 Å². The van der Waals surface area contributed by atoms with Crippen molar-refractivity contribution in [2.45, 2.75) is 32.5 Å². The van der Waals surface area contributed by atoms with Crippen molar-refractivity contribution >= 4 is 5.97 Å². The average molecular weight is 501 g/mol. The van der Waals surface area contributed by atoms with Gasteiger partial charge in [-0.1, -0.05) is 61.5 Å². The van der Waals surface area contributed by atoms with E-state index in [0.717, 1.165) is 16.7 Å². The lowest BCUT2D eigenvalue weighted by Gasteiger charge is -2.16. The first-order chi connectivity index (χ1) is 17.9. The van der Waals surface area contributed by atoms with Crippen LogP contribution in [0.5, 0.6) is 17.2 Å². The molecule has 0 heterocycles. The molecule has 0 saturated carbocycles. The van der Waals surface area contributed by atoms with Crippen LogP contribution in [-0.4, -0.2) is 18.2 Å². The summed E-state index contributed by atoms with van der Waals surface area (Å²) in [5.74, 6) is 0.382. The van der Waals surface area contributed by atoms with E-state index in [0.29, 0.717) is 35.0 Å². The first-order valence-electron chi connectivity index (χ1n) is 12.0. The van der Waals surface area contributed by atoms with Crippen LogP contribution in [-0.2, 0) is 18.0 Å². The zero-order chi connectivity index (χ0) is 26.2. The zero-order valence-electron chi connectivity index (χ0n) is 20.8. The normalized spacial score (nSPS) is 11.5. The molecule has 0 unspecified atom stereocenters. The molecule has 4 aromatic carbocycles. The largest absolute Gasteiger partial charge is 0.497 e. The molecule has 0 amide bonds. The van der Waals surface area contributed by atoms with Crippen molar-refractivity contribution in [2.75, 3.05) is 7.11 Å². The molecule has 5 nitrogen and oxygen atoms in total. The quantitative estimate of drug-likeness (QED) is 0.235. The molecular formula is C31H29FO5. The molecule has 1 N–H and O–H groups in total. The van der Waals surface area contributed by atoms with Crippen molar-refractivity contribution in [1.82, 2.24) is 0 Å². The van der Waals surface area contributed by atoms with Gasteiger partial charge in [-0.2, -0.15) is 0 Å². The van der Waals surface area contributed by atoms with Crippen molar-refractivity contribution in [3.8, 4) is 28.4 Å². The summed E-state index contributed by atoms with van der Waals surface area (Å²) in [6.07, 6.45) is 0.0495. The van der Waals surface area contributed by atoms with Crippen LogP contribution in [0.3, 0.4) is 0 Å². The molecule has 0 aliphatic carbocycles. The predicted molar refractivity (Wildman–Crippen MR) is 141 cm³/mol. The Labute approximate surface area is 216 Å². The molecule has 1 atom stereocenters. The number of benzene rings is 4. The van der Waals surface area contributed by atoms with Gasteiger partial charge < -0.3 is 19.3 Å². The first-order valence-corrected chi connectivity index (χ1v) is 12.0. The Morgan fingerprint density at radius 3 is 2.35 bits per heavy atom. The molecule has 0 saturated heterocycles. The van der Waals surface area contributed by atoms with Crippen LogP contribution in [0.2, 0.25) is 0 Å². The standard InChI is InChI=1S/C31H29FO5/c1-21(15-31(33)34)24-9-6-10-26(17-24)36-20-23-11-13-27(28-18-25(35-2)12-14-29(28)32)30(16-23)37-19-22-7-4-3-5-8-22/h3-14,16-18,21H,15,19-20H2,1-2H3,(H,33,34)/t21-/m0/s1. The summed E-state index contributed by atoms with van der Waals surface area (Å²) in [6, 6.07) is 27.4. The fourth-order valence-electron chi connectivity index (χ4n) is 4.03. The van der Waals surface area contributed by atoms with Gasteiger partial charge in [-0.25, -0.2) is 4.39 Å². The molecule has 37 heavy (non-hydrogen) atoms. The van der Waals surface area contributed by atoms with Gasteiger partial charge in [-0.15, -0.1) is 0 Å². The summed E-state index contributed by atoms with van der Waals surface area (Å²) in [7, 11) is 1.54. The summed E-state index contributed by atoms with van der Waals surface area (Å²) >= 11 is 0. The van der Waals surface area contributed by atoms with E-state index in [9.17, 15) is 9.18 Å². The van der Waals surface area contributed by atoms with Crippen molar-refractivity contribution in [2.24, 2.45) is 0 Å². The van der Waals surface area contributed by atoms with Crippen LogP contribution in [0.4, 0.5) is 4.39 Å². The molecule has 0 aliphatic heterocycles. The van der Waals surface area contributed by atoms with Crippen LogP contribution < -0.4 is 14.2 Å². The SMILES string of the molecule is COc1ccc(F)c(-c2ccc(COc3cccc([C@@H](C)CC(=O)O)c3)cc2OCc2ccccc2)c1. The van der Waals surface area contributed by atoms with Crippen molar-refractivity contribution < 1.29 is 28.5 Å². The van der Waals surface area contributed by atoms with Gasteiger partial charge in [0.25, 0.3) is 0 Å². The van der Waals surface area contributed by atoms with Crippen LogP contribution in [0, 0.1) is 5.82 Å². The Morgan fingerprint density at radius 2 is 1.59 bits per heavy atom. The molecular weight excluding hydrogens is 471 g/mol. The molecule has 0 radical (unpaired) electrons. The van der Waals surface area contributed by atoms with E-state index in [4.69, 9.17) is 19.3 Å². The van der Waals surface area contributed by atoms with E-state index in [-0.39, 0.29) is 24.8 Å². The third-order valence-corrected chi connectivity index (χ3v) is 6.06. The molecule has 4 rings (SSSR count). The maximum atomic E-state index is 14.8. The van der Waals surface area contributed by atoms with Gasteiger partial charge in [0.15, 0.2) is 0 Å². The molecule has 4 aromatic rings. The molecule has 0 spiro atoms. The lowest BCUT2D eigenvalue weighted by Crippen LogP contribution is -2.03. The van der Waals surface area contributed by atoms with Crippen LogP contribution >= 0.6 is 0 Å². The Balaban J connectivity index is 1.58. The number of carboxylic acid groups (broad SMARTS) is 1. The molecule has 0 aromatic heterocycles. The number of carboxylic acids is 1. The Hall–Kier alpha value is -4.32. The van der Waals surface area contributed by atoms with Gasteiger partial charge >= 0.3 is 5.97 Å². The number of carbonyl (C=O) groups is 1. The van der Waals surface area contributed by atoms with E-state index in [2.05, 4.69) is 0 Å². The summed E-state index contributed by atoms with van der Waals surface area (Å²) in [5.41, 5.74) is 3.74. The number of ether oxygens (including phenoxy) is 3. The predicted octanol–water partition coefficient (Wildman–Crippen LogP) is 7.24. The Morgan fingerprint density at radius 1 is 0.811 bits per heavy atom. The second-order valence-corrected chi connectivity index (χ2v) is 8.81. The number of hydrogen-bond donors (Lipinski definition) is 1. The number of aliphatic carboxylic acids is 1. The average Bonchev–Trinajstić information content (AvgIpc) is 2.91. The Bertz CT molecular complexity index is 1350. The van der Waals surface area contributed by atoms with E-state index in [1.807, 2.05) is 79.7 Å². The number of halogens is 1. The highest BCUT2D eigenvalue weighted by atomic mass is 19.1. The minimum absolute atomic E-state index is 0.0495. The maximum absolute atomic E-state index is 14.8. The third kappa shape index (κ3) is 6.88. The fourth-order valence-corrected chi connectivity index (χ4v) is 4.03. The topological polar surface area (TPSA) is 65.0 Å². The lowest BCUT2D eigenvalue weighted by atomic mass is 9.98. The summed E-state index contributed by atoms with van der Waals surface area (Å²) in [5, 5.41) is 9.09. The first kappa shape index (κ1) is 25.8. The van der Waals surface area contributed by atoms with Gasteiger partial charge in [0.2, 0.25) is 0 Å². The van der Waals surface area contributed by atoms with Crippen LogP contribution in [0.1, 0.15) is 36.0 Å².